The molecule has 0 aromatic heterocycles. The van der Waals surface area contributed by atoms with Gasteiger partial charge in [-0.2, -0.15) is 0 Å². The van der Waals surface area contributed by atoms with E-state index < -0.39 is 0 Å². The number of aliphatic hydroxyl groups is 1. The van der Waals surface area contributed by atoms with E-state index in [9.17, 15) is 0 Å². The lowest BCUT2D eigenvalue weighted by Gasteiger charge is -2.17. The average Bonchev–Trinajstić information content (AvgIpc) is 3.28. The van der Waals surface area contributed by atoms with Gasteiger partial charge in [-0.05, 0) is 38.5 Å². The smallest absolute Gasteiger partial charge is 0.327 e. The summed E-state index contributed by atoms with van der Waals surface area (Å²) in [6, 6.07) is 0. The van der Waals surface area contributed by atoms with Gasteiger partial charge < -0.3 is 9.77 Å². The molecule has 0 unspecified atom stereocenters. The summed E-state index contributed by atoms with van der Waals surface area (Å²) in [6.45, 7) is 12.0. The molecule has 4 N–H and O–H groups in total. The van der Waals surface area contributed by atoms with Gasteiger partial charge in [0.15, 0.2) is 0 Å². The molecular weight excluding hydrogens is 810 g/mol. The zero-order valence-corrected chi connectivity index (χ0v) is 37.3. The Bertz CT molecular complexity index is 491. The van der Waals surface area contributed by atoms with Crippen LogP contribution in [0.3, 0.4) is 0 Å². The first kappa shape index (κ1) is 76.3. The van der Waals surface area contributed by atoms with Crippen molar-refractivity contribution < 1.29 is 46.0 Å². The number of hydrogen-bond donors (Lipinski definition) is 4. The van der Waals surface area contributed by atoms with Crippen LogP contribution in [0.2, 0.25) is 0 Å². The van der Waals surface area contributed by atoms with E-state index in [0.29, 0.717) is 0 Å². The Hall–Kier alpha value is -0.440. The van der Waals surface area contributed by atoms with Gasteiger partial charge >= 0.3 is 11.3 Å². The highest BCUT2D eigenvalue weighted by atomic mass is 35.6. The van der Waals surface area contributed by atoms with Gasteiger partial charge in [-0.25, -0.2) is 9.78 Å². The Morgan fingerprint density at radius 3 is 0.607 bits per heavy atom. The molecule has 0 heterocycles. The molecule has 6 rings (SSSR count). The molecule has 0 bridgehead atoms. The highest BCUT2D eigenvalue weighted by Crippen LogP contribution is 2.20. The van der Waals surface area contributed by atoms with Crippen molar-refractivity contribution in [2.45, 2.75) is 238 Å². The molecule has 15 heteroatoms. The van der Waals surface area contributed by atoms with Crippen LogP contribution in [0.5, 0.6) is 0 Å². The molecule has 0 aromatic rings. The topological polar surface area (TPSA) is 191 Å². The van der Waals surface area contributed by atoms with Crippen LogP contribution in [0.1, 0.15) is 219 Å². The van der Waals surface area contributed by atoms with Crippen molar-refractivity contribution in [1.29, 1.82) is 0 Å². The molecule has 0 radical (unpaired) electrons. The highest BCUT2D eigenvalue weighted by Gasteiger charge is 2.13. The van der Waals surface area contributed by atoms with Crippen LogP contribution in [0, 0.1) is 31.2 Å². The van der Waals surface area contributed by atoms with Crippen LogP contribution >= 0.6 is 37.2 Å². The molecule has 0 saturated heterocycles. The predicted molar refractivity (Wildman–Crippen MR) is 240 cm³/mol. The summed E-state index contributed by atoms with van der Waals surface area (Å²) in [5.41, 5.74) is 0. The van der Waals surface area contributed by atoms with Crippen LogP contribution in [-0.2, 0) is 9.78 Å². The minimum Gasteiger partial charge on any atom is -0.506 e. The number of halogens is 4. The third kappa shape index (κ3) is 71.3. The van der Waals surface area contributed by atoms with E-state index in [1.807, 2.05) is 0 Å². The van der Waals surface area contributed by atoms with Crippen molar-refractivity contribution in [1.82, 2.24) is 0 Å². The van der Waals surface area contributed by atoms with Crippen molar-refractivity contribution in [3.63, 3.8) is 0 Å². The molecule has 6 fully saturated rings. The lowest BCUT2D eigenvalue weighted by molar-refractivity contribution is -1.27. The molecule has 6 aliphatic carbocycles. The summed E-state index contributed by atoms with van der Waals surface area (Å²) >= 11 is -0.167. The average molecular weight is 899 g/mol. The Kier molecular flexibility index (Phi) is 107. The van der Waals surface area contributed by atoms with Gasteiger partial charge in [0, 0.05) is 19.9 Å². The van der Waals surface area contributed by atoms with Gasteiger partial charge in [0.1, 0.15) is 0 Å². The standard InChI is InChI=1S/2C6H12O2.C6H12O.3C6H12.2C2H4.CH4.ClHO2.3ClH.2O2/c2*7-8-6-4-2-1-3-5-6;7-6-4-2-1-3-5-6;3*1-2-4-6-5-3-1;2*1-2;;2-1-3;;;;2*1-2/h2*6-7H,1-5H2;6-7H,1-5H2;3*1-6H2;2*1-2H2;1H4;2H;3*1H;;. The van der Waals surface area contributed by atoms with Gasteiger partial charge in [-0.15, -0.1) is 68.2 Å². The van der Waals surface area contributed by atoms with E-state index in [2.05, 4.69) is 36.1 Å². The van der Waals surface area contributed by atoms with E-state index in [0.717, 1.165) is 38.5 Å². The lowest BCUT2D eigenvalue weighted by Crippen LogP contribution is -2.14. The lowest BCUT2D eigenvalue weighted by atomic mass is 9.98. The van der Waals surface area contributed by atoms with Gasteiger partial charge in [-0.3, -0.25) is 10.5 Å². The second kappa shape index (κ2) is 78.8. The molecule has 0 amide bonds. The van der Waals surface area contributed by atoms with Gasteiger partial charge in [-0.1, -0.05) is 181 Å². The van der Waals surface area contributed by atoms with E-state index in [-0.39, 0.29) is 74.3 Å². The highest BCUT2D eigenvalue weighted by molar-refractivity contribution is 5.86. The predicted octanol–water partition coefficient (Wildman–Crippen LogP) is 13.8. The first-order valence-corrected chi connectivity index (χ1v) is 20.8. The number of rotatable bonds is 2. The van der Waals surface area contributed by atoms with Crippen LogP contribution < -0.4 is 4.66 Å². The number of aliphatic hydroxyl groups excluding tert-OH is 1. The second-order valence-corrected chi connectivity index (χ2v) is 13.6. The molecule has 6 saturated carbocycles. The second-order valence-electron chi connectivity index (χ2n) is 13.5. The Morgan fingerprint density at radius 1 is 0.393 bits per heavy atom. The monoisotopic (exact) mass is 897 g/mol. The Balaban J connectivity index is -0.0000000637. The normalized spacial score (nSPS) is 18.2. The van der Waals surface area contributed by atoms with Crippen molar-refractivity contribution in [2.24, 2.45) is 0 Å². The first-order valence-electron chi connectivity index (χ1n) is 20.2. The van der Waals surface area contributed by atoms with Crippen LogP contribution in [0.4, 0.5) is 0 Å². The van der Waals surface area contributed by atoms with Crippen LogP contribution in [-0.4, -0.2) is 38.6 Å². The maximum atomic E-state index is 8.91. The molecule has 0 spiro atoms. The van der Waals surface area contributed by atoms with Crippen molar-refractivity contribution in [3.8, 4) is 0 Å². The SMILES string of the molecule is C.C1CCCCC1.C1CCCCC1.C1CCCCC1.C=C.C=C.Cl.Cl.Cl.O=O.O=O.OC1CCCCC1.OOC1CCCCC1.OOC1CCCCC1.[O-][Cl+]O. The fourth-order valence-electron chi connectivity index (χ4n) is 6.60. The quantitative estimate of drug-likeness (QED) is 0.117. The maximum absolute atomic E-state index is 8.91. The molecule has 6 aliphatic rings. The van der Waals surface area contributed by atoms with Gasteiger partial charge in [0.25, 0.3) is 0 Å². The Labute approximate surface area is 365 Å². The largest absolute Gasteiger partial charge is 0.506 e. The van der Waals surface area contributed by atoms with Crippen molar-refractivity contribution >= 4 is 37.2 Å². The van der Waals surface area contributed by atoms with E-state index >= 15 is 0 Å². The zero-order valence-electron chi connectivity index (χ0n) is 34.1. The number of hydrogen-bond acceptors (Lipinski definition) is 11. The van der Waals surface area contributed by atoms with Gasteiger partial charge in [0.05, 0.1) is 18.3 Å². The summed E-state index contributed by atoms with van der Waals surface area (Å²) in [5.74, 6) is 0. The maximum Gasteiger partial charge on any atom is 0.327 e. The fourth-order valence-corrected chi connectivity index (χ4v) is 6.60. The summed E-state index contributed by atoms with van der Waals surface area (Å²) < 4.78 is 15.2. The molecule has 56 heavy (non-hydrogen) atoms. The van der Waals surface area contributed by atoms with Crippen molar-refractivity contribution in [3.05, 3.63) is 46.2 Å². The fraction of sp³-hybridized carbons (Fsp3) is 0.902. The van der Waals surface area contributed by atoms with E-state index in [1.54, 1.807) is 0 Å². The van der Waals surface area contributed by atoms with Gasteiger partial charge in [0.2, 0.25) is 0 Å². The summed E-state index contributed by atoms with van der Waals surface area (Å²) in [4.78, 5) is 36.4. The molecular formula is C41H88Cl4O11. The first-order chi connectivity index (χ1) is 25.7. The molecule has 0 aromatic carbocycles. The minimum absolute atomic E-state index is 0. The summed E-state index contributed by atoms with van der Waals surface area (Å²) in [6.07, 6.45) is 44.8. The van der Waals surface area contributed by atoms with Crippen LogP contribution in [0.15, 0.2) is 26.3 Å². The Morgan fingerprint density at radius 2 is 0.518 bits per heavy atom. The molecule has 0 atom stereocenters. The summed E-state index contributed by atoms with van der Waals surface area (Å²) in [5, 5.41) is 25.3. The zero-order chi connectivity index (χ0) is 40.2. The van der Waals surface area contributed by atoms with Crippen molar-refractivity contribution in [2.75, 3.05) is 0 Å². The minimum atomic E-state index is -0.167. The van der Waals surface area contributed by atoms with E-state index in [4.69, 9.17) is 44.8 Å². The molecule has 0 aliphatic heterocycles. The third-order valence-corrected chi connectivity index (χ3v) is 9.48. The van der Waals surface area contributed by atoms with Crippen LogP contribution in [0.25, 0.3) is 0 Å². The van der Waals surface area contributed by atoms with E-state index in [1.165, 1.54) is 173 Å². The molecule has 346 valence electrons. The molecule has 11 nitrogen and oxygen atoms in total. The third-order valence-electron chi connectivity index (χ3n) is 9.48. The summed E-state index contributed by atoms with van der Waals surface area (Å²) in [7, 11) is 0.